The van der Waals surface area contributed by atoms with Gasteiger partial charge in [-0.25, -0.2) is 0 Å². The molecule has 0 heterocycles. The van der Waals surface area contributed by atoms with Gasteiger partial charge in [-0.3, -0.25) is 4.79 Å². The monoisotopic (exact) mass is 283 g/mol. The molecule has 0 aliphatic rings. The lowest BCUT2D eigenvalue weighted by atomic mass is 10.1. The molecule has 3 nitrogen and oxygen atoms in total. The lowest BCUT2D eigenvalue weighted by Gasteiger charge is -2.18. The molecule has 2 aromatic rings. The van der Waals surface area contributed by atoms with Crippen LogP contribution in [0.1, 0.15) is 31.0 Å². The summed E-state index contributed by atoms with van der Waals surface area (Å²) in [6.45, 7) is 4.18. The summed E-state index contributed by atoms with van der Waals surface area (Å²) in [6.07, 6.45) is -0.476. The summed E-state index contributed by atoms with van der Waals surface area (Å²) < 4.78 is 5.61. The van der Waals surface area contributed by atoms with Crippen molar-refractivity contribution in [2.45, 2.75) is 32.6 Å². The smallest absolute Gasteiger partial charge is 0.249 e. The van der Waals surface area contributed by atoms with Crippen LogP contribution in [-0.2, 0) is 16.1 Å². The maximum Gasteiger partial charge on any atom is 0.249 e. The van der Waals surface area contributed by atoms with Crippen molar-refractivity contribution < 1.29 is 9.53 Å². The molecule has 0 fully saturated rings. The molecular weight excluding hydrogens is 262 g/mol. The second kappa shape index (κ2) is 7.60. The predicted molar refractivity (Wildman–Crippen MR) is 83.7 cm³/mol. The molecule has 1 N–H and O–H groups in total. The Kier molecular flexibility index (Phi) is 5.52. The van der Waals surface area contributed by atoms with Crippen LogP contribution in [0.15, 0.2) is 60.7 Å². The highest BCUT2D eigenvalue weighted by atomic mass is 16.5. The fourth-order valence-electron chi connectivity index (χ4n) is 2.03. The largest absolute Gasteiger partial charge is 0.364 e. The van der Waals surface area contributed by atoms with Gasteiger partial charge < -0.3 is 10.1 Å². The molecule has 110 valence electrons. The normalized spacial score (nSPS) is 13.4. The van der Waals surface area contributed by atoms with Crippen LogP contribution < -0.4 is 5.32 Å². The minimum atomic E-state index is -0.476. The van der Waals surface area contributed by atoms with Crippen LogP contribution >= 0.6 is 0 Å². The first-order valence-electron chi connectivity index (χ1n) is 7.17. The van der Waals surface area contributed by atoms with Crippen LogP contribution in [0, 0.1) is 0 Å². The zero-order chi connectivity index (χ0) is 15.1. The highest BCUT2D eigenvalue weighted by Crippen LogP contribution is 2.12. The number of amides is 1. The number of hydrogen-bond acceptors (Lipinski definition) is 2. The van der Waals surface area contributed by atoms with Gasteiger partial charge in [0.05, 0.1) is 12.6 Å². The van der Waals surface area contributed by atoms with Crippen molar-refractivity contribution in [1.29, 1.82) is 0 Å². The van der Waals surface area contributed by atoms with Gasteiger partial charge in [-0.15, -0.1) is 0 Å². The van der Waals surface area contributed by atoms with E-state index in [0.29, 0.717) is 6.61 Å². The third-order valence-electron chi connectivity index (χ3n) is 3.37. The zero-order valence-electron chi connectivity index (χ0n) is 12.5. The molecule has 2 aromatic carbocycles. The Balaban J connectivity index is 1.82. The molecule has 3 heteroatoms. The first-order valence-corrected chi connectivity index (χ1v) is 7.17. The number of benzene rings is 2. The first-order chi connectivity index (χ1) is 10.2. The van der Waals surface area contributed by atoms with E-state index in [-0.39, 0.29) is 11.9 Å². The van der Waals surface area contributed by atoms with Crippen molar-refractivity contribution in [3.8, 4) is 0 Å². The van der Waals surface area contributed by atoms with E-state index >= 15 is 0 Å². The summed E-state index contributed by atoms with van der Waals surface area (Å²) in [5.41, 5.74) is 2.15. The number of carbonyl (C=O) groups excluding carboxylic acids is 1. The van der Waals surface area contributed by atoms with Gasteiger partial charge in [0.25, 0.3) is 0 Å². The molecule has 0 spiro atoms. The molecule has 0 bridgehead atoms. The average Bonchev–Trinajstić information content (AvgIpc) is 2.54. The maximum absolute atomic E-state index is 12.1. The molecule has 2 atom stereocenters. The molecule has 0 aliphatic heterocycles. The van der Waals surface area contributed by atoms with Gasteiger partial charge in [0.2, 0.25) is 5.91 Å². The van der Waals surface area contributed by atoms with Crippen molar-refractivity contribution in [3.63, 3.8) is 0 Å². The van der Waals surface area contributed by atoms with Crippen LogP contribution in [0.2, 0.25) is 0 Å². The van der Waals surface area contributed by atoms with Crippen LogP contribution in [0.5, 0.6) is 0 Å². The Hall–Kier alpha value is -2.13. The van der Waals surface area contributed by atoms with Gasteiger partial charge in [-0.1, -0.05) is 60.7 Å². The second-order valence-corrected chi connectivity index (χ2v) is 5.08. The summed E-state index contributed by atoms with van der Waals surface area (Å²) in [6, 6.07) is 19.7. The fourth-order valence-corrected chi connectivity index (χ4v) is 2.03. The van der Waals surface area contributed by atoms with Crippen LogP contribution in [0.25, 0.3) is 0 Å². The molecule has 1 amide bonds. The van der Waals surface area contributed by atoms with E-state index in [4.69, 9.17) is 4.74 Å². The summed E-state index contributed by atoms with van der Waals surface area (Å²) in [5.74, 6) is -0.0951. The molecule has 0 aromatic heterocycles. The standard InChI is InChI=1S/C18H21NO2/c1-14(17-11-7-4-8-12-17)19-18(20)15(2)21-13-16-9-5-3-6-10-16/h3-12,14-15H,13H2,1-2H3,(H,19,20)/t14-,15-/m0/s1. The van der Waals surface area contributed by atoms with E-state index in [1.165, 1.54) is 0 Å². The quantitative estimate of drug-likeness (QED) is 0.881. The summed E-state index contributed by atoms with van der Waals surface area (Å²) >= 11 is 0. The SMILES string of the molecule is C[C@H](OCc1ccccc1)C(=O)N[C@@H](C)c1ccccc1. The Morgan fingerprint density at radius 3 is 2.19 bits per heavy atom. The number of hydrogen-bond donors (Lipinski definition) is 1. The summed E-state index contributed by atoms with van der Waals surface area (Å²) in [4.78, 5) is 12.1. The fraction of sp³-hybridized carbons (Fsp3) is 0.278. The number of carbonyl (C=O) groups is 1. The van der Waals surface area contributed by atoms with E-state index in [0.717, 1.165) is 11.1 Å². The maximum atomic E-state index is 12.1. The first kappa shape index (κ1) is 15.3. The molecule has 0 aliphatic carbocycles. The third-order valence-corrected chi connectivity index (χ3v) is 3.37. The lowest BCUT2D eigenvalue weighted by Crippen LogP contribution is -2.36. The molecule has 2 rings (SSSR count). The Morgan fingerprint density at radius 2 is 1.57 bits per heavy atom. The van der Waals surface area contributed by atoms with Crippen molar-refractivity contribution >= 4 is 5.91 Å². The van der Waals surface area contributed by atoms with E-state index < -0.39 is 6.10 Å². The third kappa shape index (κ3) is 4.72. The van der Waals surface area contributed by atoms with E-state index in [9.17, 15) is 4.79 Å². The zero-order valence-corrected chi connectivity index (χ0v) is 12.5. The molecule has 21 heavy (non-hydrogen) atoms. The van der Waals surface area contributed by atoms with Crippen molar-refractivity contribution in [2.75, 3.05) is 0 Å². The predicted octanol–water partition coefficient (Wildman–Crippen LogP) is 3.47. The highest BCUT2D eigenvalue weighted by molar-refractivity contribution is 5.80. The summed E-state index contributed by atoms with van der Waals surface area (Å²) in [5, 5.41) is 2.97. The minimum absolute atomic E-state index is 0.0264. The minimum Gasteiger partial charge on any atom is -0.364 e. The van der Waals surface area contributed by atoms with Gasteiger partial charge >= 0.3 is 0 Å². The topological polar surface area (TPSA) is 38.3 Å². The van der Waals surface area contributed by atoms with E-state index in [2.05, 4.69) is 5.32 Å². The molecule has 0 radical (unpaired) electrons. The van der Waals surface area contributed by atoms with Crippen molar-refractivity contribution in [1.82, 2.24) is 5.32 Å². The van der Waals surface area contributed by atoms with Gasteiger partial charge in [0, 0.05) is 0 Å². The Morgan fingerprint density at radius 1 is 1.00 bits per heavy atom. The molecular formula is C18H21NO2. The van der Waals surface area contributed by atoms with Crippen LogP contribution in [0.3, 0.4) is 0 Å². The second-order valence-electron chi connectivity index (χ2n) is 5.08. The highest BCUT2D eigenvalue weighted by Gasteiger charge is 2.16. The van der Waals surface area contributed by atoms with E-state index in [1.54, 1.807) is 6.92 Å². The number of rotatable bonds is 6. The van der Waals surface area contributed by atoms with Crippen LogP contribution in [-0.4, -0.2) is 12.0 Å². The molecule has 0 saturated heterocycles. The molecule has 0 saturated carbocycles. The number of ether oxygens (including phenoxy) is 1. The van der Waals surface area contributed by atoms with E-state index in [1.807, 2.05) is 67.6 Å². The van der Waals surface area contributed by atoms with Gasteiger partial charge in [0.1, 0.15) is 6.10 Å². The average molecular weight is 283 g/mol. The van der Waals surface area contributed by atoms with Crippen molar-refractivity contribution in [3.05, 3.63) is 71.8 Å². The Bertz CT molecular complexity index is 554. The Labute approximate surface area is 126 Å². The van der Waals surface area contributed by atoms with Crippen molar-refractivity contribution in [2.24, 2.45) is 0 Å². The van der Waals surface area contributed by atoms with Gasteiger partial charge in [-0.05, 0) is 25.0 Å². The van der Waals surface area contributed by atoms with Gasteiger partial charge in [-0.2, -0.15) is 0 Å². The van der Waals surface area contributed by atoms with Gasteiger partial charge in [0.15, 0.2) is 0 Å². The molecule has 0 unspecified atom stereocenters. The lowest BCUT2D eigenvalue weighted by molar-refractivity contribution is -0.133. The number of nitrogens with one attached hydrogen (secondary N) is 1. The van der Waals surface area contributed by atoms with Crippen LogP contribution in [0.4, 0.5) is 0 Å². The summed E-state index contributed by atoms with van der Waals surface area (Å²) in [7, 11) is 0.